The van der Waals surface area contributed by atoms with Gasteiger partial charge in [0.25, 0.3) is 0 Å². The monoisotopic (exact) mass is 274 g/mol. The van der Waals surface area contributed by atoms with Crippen LogP contribution in [0.25, 0.3) is 0 Å². The van der Waals surface area contributed by atoms with Crippen LogP contribution in [-0.4, -0.2) is 30.6 Å². The maximum Gasteiger partial charge on any atom is 0.0323 e. The van der Waals surface area contributed by atoms with E-state index >= 15 is 0 Å². The van der Waals surface area contributed by atoms with Crippen molar-refractivity contribution in [2.24, 2.45) is 0 Å². The van der Waals surface area contributed by atoms with E-state index < -0.39 is 0 Å². The maximum atomic E-state index is 3.48. The van der Waals surface area contributed by atoms with Gasteiger partial charge >= 0.3 is 0 Å². The summed E-state index contributed by atoms with van der Waals surface area (Å²) in [7, 11) is 0. The van der Waals surface area contributed by atoms with Crippen LogP contribution in [0.4, 0.5) is 0 Å². The summed E-state index contributed by atoms with van der Waals surface area (Å²) in [5, 5.41) is 3.48. The number of nitrogens with zero attached hydrogens (tertiary/aromatic N) is 1. The van der Waals surface area contributed by atoms with Gasteiger partial charge in [0.2, 0.25) is 0 Å². The predicted octanol–water partition coefficient (Wildman–Crippen LogP) is 3.73. The van der Waals surface area contributed by atoms with E-state index in [-0.39, 0.29) is 5.41 Å². The lowest BCUT2D eigenvalue weighted by molar-refractivity contribution is 0.162. The predicted molar refractivity (Wildman–Crippen MR) is 87.2 cm³/mol. The first-order valence-corrected chi connectivity index (χ1v) is 8.00. The third-order valence-electron chi connectivity index (χ3n) is 4.63. The van der Waals surface area contributed by atoms with Crippen molar-refractivity contribution in [1.82, 2.24) is 10.2 Å². The van der Waals surface area contributed by atoms with E-state index in [0.29, 0.717) is 12.1 Å². The summed E-state index contributed by atoms with van der Waals surface area (Å²) in [6.07, 6.45) is 1.28. The third kappa shape index (κ3) is 3.42. The normalized spacial score (nSPS) is 21.4. The standard InChI is InChI=1S/C18H30N2/c1-6-20(17-11-12-19-13-17)14(2)15-7-9-16(10-8-15)18(3,4)5/h7-10,14,17,19H,6,11-13H2,1-5H3. The Morgan fingerprint density at radius 2 is 1.90 bits per heavy atom. The Bertz CT molecular complexity index is 410. The summed E-state index contributed by atoms with van der Waals surface area (Å²) in [5.41, 5.74) is 3.09. The van der Waals surface area contributed by atoms with E-state index in [9.17, 15) is 0 Å². The number of rotatable bonds is 4. The van der Waals surface area contributed by atoms with Gasteiger partial charge < -0.3 is 5.32 Å². The molecule has 1 heterocycles. The SMILES string of the molecule is CCN(C1CCNC1)C(C)c1ccc(C(C)(C)C)cc1. The summed E-state index contributed by atoms with van der Waals surface area (Å²) >= 11 is 0. The molecule has 0 aliphatic carbocycles. The van der Waals surface area contributed by atoms with Crippen LogP contribution in [0.15, 0.2) is 24.3 Å². The largest absolute Gasteiger partial charge is 0.315 e. The molecule has 0 spiro atoms. The van der Waals surface area contributed by atoms with Crippen LogP contribution in [0, 0.1) is 0 Å². The summed E-state index contributed by atoms with van der Waals surface area (Å²) in [6.45, 7) is 14.9. The molecule has 1 fully saturated rings. The van der Waals surface area contributed by atoms with Crippen molar-refractivity contribution in [3.05, 3.63) is 35.4 Å². The van der Waals surface area contributed by atoms with E-state index in [1.165, 1.54) is 17.5 Å². The zero-order chi connectivity index (χ0) is 14.8. The van der Waals surface area contributed by atoms with Crippen LogP contribution < -0.4 is 5.32 Å². The minimum Gasteiger partial charge on any atom is -0.315 e. The van der Waals surface area contributed by atoms with Gasteiger partial charge in [-0.05, 0) is 43.0 Å². The quantitative estimate of drug-likeness (QED) is 0.900. The zero-order valence-electron chi connectivity index (χ0n) is 13.7. The molecule has 0 bridgehead atoms. The van der Waals surface area contributed by atoms with Crippen LogP contribution in [0.2, 0.25) is 0 Å². The Balaban J connectivity index is 2.13. The lowest BCUT2D eigenvalue weighted by atomic mass is 9.86. The highest BCUT2D eigenvalue weighted by Crippen LogP contribution is 2.27. The first-order chi connectivity index (χ1) is 9.43. The molecule has 1 N–H and O–H groups in total. The molecular formula is C18H30N2. The Hall–Kier alpha value is -0.860. The third-order valence-corrected chi connectivity index (χ3v) is 4.63. The molecule has 1 saturated heterocycles. The summed E-state index contributed by atoms with van der Waals surface area (Å²) in [6, 6.07) is 10.4. The van der Waals surface area contributed by atoms with Crippen LogP contribution in [-0.2, 0) is 5.41 Å². The van der Waals surface area contributed by atoms with Gasteiger partial charge in [-0.2, -0.15) is 0 Å². The Labute approximate surface area is 124 Å². The van der Waals surface area contributed by atoms with Gasteiger partial charge in [0, 0.05) is 18.6 Å². The molecule has 2 unspecified atom stereocenters. The summed E-state index contributed by atoms with van der Waals surface area (Å²) in [5.74, 6) is 0. The molecule has 0 amide bonds. The molecule has 112 valence electrons. The van der Waals surface area contributed by atoms with E-state index in [4.69, 9.17) is 0 Å². The van der Waals surface area contributed by atoms with Crippen molar-refractivity contribution in [3.63, 3.8) is 0 Å². The van der Waals surface area contributed by atoms with Crippen molar-refractivity contribution < 1.29 is 0 Å². The van der Waals surface area contributed by atoms with Gasteiger partial charge in [-0.1, -0.05) is 52.0 Å². The van der Waals surface area contributed by atoms with Crippen molar-refractivity contribution >= 4 is 0 Å². The average molecular weight is 274 g/mol. The average Bonchev–Trinajstić information content (AvgIpc) is 2.92. The molecule has 2 nitrogen and oxygen atoms in total. The molecule has 2 heteroatoms. The molecule has 0 aromatic heterocycles. The number of hydrogen-bond donors (Lipinski definition) is 1. The highest BCUT2D eigenvalue weighted by Gasteiger charge is 2.26. The molecule has 0 saturated carbocycles. The number of hydrogen-bond acceptors (Lipinski definition) is 2. The molecule has 1 aliphatic rings. The Kier molecular flexibility index (Phi) is 4.87. The van der Waals surface area contributed by atoms with Crippen LogP contribution in [0.3, 0.4) is 0 Å². The van der Waals surface area contributed by atoms with Crippen molar-refractivity contribution in [2.75, 3.05) is 19.6 Å². The highest BCUT2D eigenvalue weighted by atomic mass is 15.2. The van der Waals surface area contributed by atoms with Crippen molar-refractivity contribution in [2.45, 2.75) is 58.5 Å². The van der Waals surface area contributed by atoms with Gasteiger partial charge in [-0.15, -0.1) is 0 Å². The van der Waals surface area contributed by atoms with E-state index in [2.05, 4.69) is 69.1 Å². The second kappa shape index (κ2) is 6.28. The zero-order valence-corrected chi connectivity index (χ0v) is 13.7. The molecule has 0 radical (unpaired) electrons. The van der Waals surface area contributed by atoms with E-state index in [1.807, 2.05) is 0 Å². The lowest BCUT2D eigenvalue weighted by Gasteiger charge is -2.33. The smallest absolute Gasteiger partial charge is 0.0323 e. The minimum atomic E-state index is 0.238. The topological polar surface area (TPSA) is 15.3 Å². The molecule has 1 aromatic carbocycles. The van der Waals surface area contributed by atoms with Gasteiger partial charge in [0.1, 0.15) is 0 Å². The second-order valence-corrected chi connectivity index (χ2v) is 7.03. The number of nitrogens with one attached hydrogen (secondary N) is 1. The minimum absolute atomic E-state index is 0.238. The fraction of sp³-hybridized carbons (Fsp3) is 0.667. The van der Waals surface area contributed by atoms with Crippen molar-refractivity contribution in [1.29, 1.82) is 0 Å². The maximum absolute atomic E-state index is 3.48. The Morgan fingerprint density at radius 1 is 1.25 bits per heavy atom. The van der Waals surface area contributed by atoms with E-state index in [1.54, 1.807) is 0 Å². The first kappa shape index (κ1) is 15.5. The summed E-state index contributed by atoms with van der Waals surface area (Å²) < 4.78 is 0. The fourth-order valence-corrected chi connectivity index (χ4v) is 3.22. The molecule has 2 rings (SSSR count). The Morgan fingerprint density at radius 3 is 2.35 bits per heavy atom. The lowest BCUT2D eigenvalue weighted by Crippen LogP contribution is -2.38. The first-order valence-electron chi connectivity index (χ1n) is 8.00. The van der Waals surface area contributed by atoms with Crippen LogP contribution in [0.5, 0.6) is 0 Å². The molecule has 1 aliphatic heterocycles. The van der Waals surface area contributed by atoms with Crippen LogP contribution >= 0.6 is 0 Å². The van der Waals surface area contributed by atoms with E-state index in [0.717, 1.165) is 19.6 Å². The summed E-state index contributed by atoms with van der Waals surface area (Å²) in [4.78, 5) is 2.63. The second-order valence-electron chi connectivity index (χ2n) is 7.03. The number of benzene rings is 1. The number of likely N-dealkylation sites (N-methyl/N-ethyl adjacent to an activating group) is 1. The fourth-order valence-electron chi connectivity index (χ4n) is 3.22. The van der Waals surface area contributed by atoms with Crippen LogP contribution in [0.1, 0.15) is 58.2 Å². The van der Waals surface area contributed by atoms with Gasteiger partial charge in [-0.25, -0.2) is 0 Å². The molecule has 1 aromatic rings. The molecule has 2 atom stereocenters. The van der Waals surface area contributed by atoms with Gasteiger partial charge in [0.05, 0.1) is 0 Å². The van der Waals surface area contributed by atoms with Crippen molar-refractivity contribution in [3.8, 4) is 0 Å². The van der Waals surface area contributed by atoms with Gasteiger partial charge in [-0.3, -0.25) is 4.90 Å². The molecule has 20 heavy (non-hydrogen) atoms. The molecular weight excluding hydrogens is 244 g/mol. The highest BCUT2D eigenvalue weighted by molar-refractivity contribution is 5.29. The van der Waals surface area contributed by atoms with Gasteiger partial charge in [0.15, 0.2) is 0 Å².